The zero-order valence-electron chi connectivity index (χ0n) is 40.4. The number of hydrogen-bond acceptors (Lipinski definition) is 9. The SMILES string of the molecule is CC/C=C\C/C=C\C/C=C\C/C=C\C/C=C\C=C/C(O)CCC(=O)O[C@H](COC(=O)CCCCCCCCCCC/C=C\CCCCCCCC)COP(=O)([O-])OCC[N+](C)(C)C. The van der Waals surface area contributed by atoms with Crippen molar-refractivity contribution in [1.82, 2.24) is 0 Å². The summed E-state index contributed by atoms with van der Waals surface area (Å²) in [4.78, 5) is 37.7. The van der Waals surface area contributed by atoms with Gasteiger partial charge in [-0.3, -0.25) is 14.2 Å². The van der Waals surface area contributed by atoms with Crippen LogP contribution in [0.1, 0.15) is 174 Å². The molecular formula is C52H90NO9P. The van der Waals surface area contributed by atoms with Gasteiger partial charge in [-0.25, -0.2) is 0 Å². The van der Waals surface area contributed by atoms with Crippen molar-refractivity contribution in [3.8, 4) is 0 Å². The van der Waals surface area contributed by atoms with Crippen molar-refractivity contribution in [1.29, 1.82) is 0 Å². The number of hydrogen-bond donors (Lipinski definition) is 1. The number of carbonyl (C=O) groups is 2. The van der Waals surface area contributed by atoms with Crippen LogP contribution in [0.15, 0.2) is 85.1 Å². The molecule has 2 unspecified atom stereocenters. The Balaban J connectivity index is 4.52. The molecule has 10 nitrogen and oxygen atoms in total. The van der Waals surface area contributed by atoms with Gasteiger partial charge in [0.2, 0.25) is 0 Å². The van der Waals surface area contributed by atoms with Crippen LogP contribution in [0.5, 0.6) is 0 Å². The number of phosphoric acid groups is 1. The molecule has 0 saturated heterocycles. The molecule has 0 aromatic rings. The minimum absolute atomic E-state index is 0.0774. The Bertz CT molecular complexity index is 1360. The Morgan fingerprint density at radius 1 is 0.603 bits per heavy atom. The Hall–Kier alpha value is -2.85. The number of likely N-dealkylation sites (N-methyl/N-ethyl adjacent to an activating group) is 1. The van der Waals surface area contributed by atoms with Gasteiger partial charge in [-0.2, -0.15) is 0 Å². The fourth-order valence-electron chi connectivity index (χ4n) is 6.17. The molecule has 0 heterocycles. The van der Waals surface area contributed by atoms with Gasteiger partial charge in [-0.05, 0) is 70.6 Å². The molecule has 0 aliphatic carbocycles. The fourth-order valence-corrected chi connectivity index (χ4v) is 6.90. The molecule has 0 aliphatic rings. The number of ether oxygens (including phenoxy) is 2. The third kappa shape index (κ3) is 46.9. The van der Waals surface area contributed by atoms with E-state index in [0.29, 0.717) is 17.4 Å². The summed E-state index contributed by atoms with van der Waals surface area (Å²) in [5.74, 6) is -1.12. The lowest BCUT2D eigenvalue weighted by atomic mass is 10.1. The lowest BCUT2D eigenvalue weighted by Gasteiger charge is -2.28. The summed E-state index contributed by atoms with van der Waals surface area (Å²) >= 11 is 0. The van der Waals surface area contributed by atoms with Crippen molar-refractivity contribution >= 4 is 19.8 Å². The fraction of sp³-hybridized carbons (Fsp3) is 0.692. The van der Waals surface area contributed by atoms with Crippen LogP contribution in [0, 0.1) is 0 Å². The highest BCUT2D eigenvalue weighted by Crippen LogP contribution is 2.38. The molecule has 3 atom stereocenters. The quantitative estimate of drug-likeness (QED) is 0.0159. The number of nitrogens with zero attached hydrogens (tertiary/aromatic N) is 1. The number of rotatable bonds is 43. The Morgan fingerprint density at radius 2 is 1.11 bits per heavy atom. The van der Waals surface area contributed by atoms with Crippen LogP contribution in [0.2, 0.25) is 0 Å². The maximum Gasteiger partial charge on any atom is 0.306 e. The summed E-state index contributed by atoms with van der Waals surface area (Å²) in [6.45, 7) is 3.82. The van der Waals surface area contributed by atoms with E-state index in [1.165, 1.54) is 83.5 Å². The molecule has 0 radical (unpaired) electrons. The van der Waals surface area contributed by atoms with Gasteiger partial charge in [0, 0.05) is 12.8 Å². The second-order valence-electron chi connectivity index (χ2n) is 17.3. The van der Waals surface area contributed by atoms with Crippen LogP contribution in [0.3, 0.4) is 0 Å². The van der Waals surface area contributed by atoms with E-state index in [2.05, 4.69) is 74.6 Å². The maximum absolute atomic E-state index is 12.7. The summed E-state index contributed by atoms with van der Waals surface area (Å²) in [5.41, 5.74) is 0. The average molecular weight is 904 g/mol. The largest absolute Gasteiger partial charge is 0.756 e. The summed E-state index contributed by atoms with van der Waals surface area (Å²) in [6, 6.07) is 0. The smallest absolute Gasteiger partial charge is 0.306 e. The third-order valence-electron chi connectivity index (χ3n) is 10.0. The Labute approximate surface area is 384 Å². The first-order chi connectivity index (χ1) is 30.4. The van der Waals surface area contributed by atoms with E-state index in [1.54, 1.807) is 12.2 Å². The molecule has 0 rings (SSSR count). The second-order valence-corrected chi connectivity index (χ2v) is 18.7. The molecule has 0 aromatic carbocycles. The zero-order chi connectivity index (χ0) is 46.5. The number of allylic oxidation sites excluding steroid dienone is 13. The van der Waals surface area contributed by atoms with E-state index in [-0.39, 0.29) is 32.5 Å². The van der Waals surface area contributed by atoms with Gasteiger partial charge in [-0.15, -0.1) is 0 Å². The monoisotopic (exact) mass is 904 g/mol. The van der Waals surface area contributed by atoms with Crippen molar-refractivity contribution in [3.05, 3.63) is 85.1 Å². The summed E-state index contributed by atoms with van der Waals surface area (Å²) in [5, 5.41) is 10.4. The molecular weight excluding hydrogens is 814 g/mol. The van der Waals surface area contributed by atoms with Gasteiger partial charge in [-0.1, -0.05) is 176 Å². The molecule has 0 amide bonds. The van der Waals surface area contributed by atoms with Gasteiger partial charge in [0.1, 0.15) is 19.8 Å². The minimum Gasteiger partial charge on any atom is -0.756 e. The molecule has 1 N–H and O–H groups in total. The van der Waals surface area contributed by atoms with E-state index in [1.807, 2.05) is 33.3 Å². The zero-order valence-corrected chi connectivity index (χ0v) is 41.2. The van der Waals surface area contributed by atoms with Crippen molar-refractivity contribution in [2.75, 3.05) is 47.5 Å². The number of phosphoric ester groups is 1. The van der Waals surface area contributed by atoms with Crippen molar-refractivity contribution in [2.24, 2.45) is 0 Å². The molecule has 11 heteroatoms. The van der Waals surface area contributed by atoms with Crippen LogP contribution in [0.25, 0.3) is 0 Å². The lowest BCUT2D eigenvalue weighted by molar-refractivity contribution is -0.870. The topological polar surface area (TPSA) is 131 Å². The highest BCUT2D eigenvalue weighted by Gasteiger charge is 2.22. The van der Waals surface area contributed by atoms with Gasteiger partial charge in [0.15, 0.2) is 6.10 Å². The Kier molecular flexibility index (Phi) is 41.1. The molecule has 362 valence electrons. The average Bonchev–Trinajstić information content (AvgIpc) is 3.24. The van der Waals surface area contributed by atoms with Gasteiger partial charge >= 0.3 is 11.9 Å². The third-order valence-corrected chi connectivity index (χ3v) is 11.0. The second kappa shape index (κ2) is 43.1. The molecule has 0 saturated carbocycles. The highest BCUT2D eigenvalue weighted by atomic mass is 31.2. The molecule has 0 bridgehead atoms. The normalized spacial score (nSPS) is 14.7. The van der Waals surface area contributed by atoms with E-state index in [9.17, 15) is 24.2 Å². The summed E-state index contributed by atoms with van der Waals surface area (Å²) < 4.78 is 33.8. The lowest BCUT2D eigenvalue weighted by Crippen LogP contribution is -2.37. The van der Waals surface area contributed by atoms with E-state index >= 15 is 0 Å². The number of unbranched alkanes of at least 4 members (excludes halogenated alkanes) is 15. The first-order valence-corrected chi connectivity index (χ1v) is 25.9. The molecule has 63 heavy (non-hydrogen) atoms. The van der Waals surface area contributed by atoms with E-state index in [0.717, 1.165) is 51.4 Å². The van der Waals surface area contributed by atoms with E-state index < -0.39 is 38.6 Å². The predicted molar refractivity (Wildman–Crippen MR) is 260 cm³/mol. The number of carbonyl (C=O) groups excluding carboxylic acids is 2. The first kappa shape index (κ1) is 60.2. The van der Waals surface area contributed by atoms with Crippen LogP contribution >= 0.6 is 7.82 Å². The molecule has 0 aliphatic heterocycles. The molecule has 0 spiro atoms. The highest BCUT2D eigenvalue weighted by molar-refractivity contribution is 7.45. The van der Waals surface area contributed by atoms with Gasteiger partial charge in [0.25, 0.3) is 7.82 Å². The van der Waals surface area contributed by atoms with Crippen molar-refractivity contribution < 1.29 is 47.2 Å². The number of aliphatic hydroxyl groups excluding tert-OH is 1. The molecule has 0 aromatic heterocycles. The van der Waals surface area contributed by atoms with Crippen LogP contribution in [0.4, 0.5) is 0 Å². The number of esters is 2. The predicted octanol–water partition coefficient (Wildman–Crippen LogP) is 12.7. The number of quaternary nitrogens is 1. The summed E-state index contributed by atoms with van der Waals surface area (Å²) in [6.07, 6.45) is 52.3. The van der Waals surface area contributed by atoms with Crippen LogP contribution in [-0.2, 0) is 32.7 Å². The number of aliphatic hydroxyl groups is 1. The maximum atomic E-state index is 12.7. The first-order valence-electron chi connectivity index (χ1n) is 24.4. The van der Waals surface area contributed by atoms with Crippen LogP contribution < -0.4 is 4.89 Å². The minimum atomic E-state index is -4.70. The summed E-state index contributed by atoms with van der Waals surface area (Å²) in [7, 11) is 1.01. The van der Waals surface area contributed by atoms with Crippen LogP contribution in [-0.4, -0.2) is 81.2 Å². The van der Waals surface area contributed by atoms with E-state index in [4.69, 9.17) is 18.5 Å². The Morgan fingerprint density at radius 3 is 1.65 bits per heavy atom. The van der Waals surface area contributed by atoms with Crippen molar-refractivity contribution in [2.45, 2.75) is 187 Å². The van der Waals surface area contributed by atoms with Gasteiger partial charge < -0.3 is 33.0 Å². The van der Waals surface area contributed by atoms with Crippen molar-refractivity contribution in [3.63, 3.8) is 0 Å². The standard InChI is InChI=1S/C52H90NO9P/c1-6-8-10-12-14-16-18-20-22-24-25-26-28-30-32-34-36-38-40-42-51(55)59-47-50(48-61-63(57,58)60-46-45-53(3,4)5)62-52(56)44-43-49(54)41-39-37-35-33-31-29-27-23-21-19-17-15-13-11-9-7-2/h9,11,15,17,20-23,29,31,35,37,39,41,49-50,54H,6-8,10,12-14,16,18-19,24-28,30,32-34,36,38,40,42-48H2,1-5H3/b11-9-,17-15-,22-20-,23-21-,31-29-,37-35-,41-39-/t49?,50-/m1/s1. The van der Waals surface area contributed by atoms with Gasteiger partial charge in [0.05, 0.1) is 33.9 Å². The molecule has 0 fully saturated rings.